The molecule has 0 amide bonds. The smallest absolute Gasteiger partial charge is 0.357 e. The minimum Gasteiger partial charge on any atom is -0.357 e. The van der Waals surface area contributed by atoms with Crippen molar-refractivity contribution in [3.63, 3.8) is 0 Å². The van der Waals surface area contributed by atoms with Crippen molar-refractivity contribution >= 4 is 26.7 Å². The van der Waals surface area contributed by atoms with E-state index in [0.717, 1.165) is 23.3 Å². The number of fused-ring (bicyclic) bond motifs is 1. The van der Waals surface area contributed by atoms with Gasteiger partial charge in [0.2, 0.25) is 0 Å². The third-order valence-corrected chi connectivity index (χ3v) is 4.27. The van der Waals surface area contributed by atoms with E-state index in [1.54, 1.807) is 12.4 Å². The van der Waals surface area contributed by atoms with Gasteiger partial charge in [0, 0.05) is 18.9 Å². The molecule has 3 nitrogen and oxygen atoms in total. The van der Waals surface area contributed by atoms with Crippen LogP contribution in [0.1, 0.15) is 16.7 Å². The monoisotopic (exact) mass is 323 g/mol. The third-order valence-electron chi connectivity index (χ3n) is 3.29. The van der Waals surface area contributed by atoms with Crippen molar-refractivity contribution in [2.24, 2.45) is 0 Å². The van der Waals surface area contributed by atoms with Crippen LogP contribution in [0.3, 0.4) is 0 Å². The average Bonchev–Trinajstić information content (AvgIpc) is 2.87. The number of pyridine rings is 1. The summed E-state index contributed by atoms with van der Waals surface area (Å²) in [6.45, 7) is 2.51. The number of halogens is 3. The van der Waals surface area contributed by atoms with E-state index in [1.165, 1.54) is 17.4 Å². The highest BCUT2D eigenvalue weighted by atomic mass is 32.1. The van der Waals surface area contributed by atoms with Gasteiger partial charge < -0.3 is 5.32 Å². The third kappa shape index (κ3) is 3.04. The van der Waals surface area contributed by atoms with E-state index in [-0.39, 0.29) is 0 Å². The zero-order chi connectivity index (χ0) is 15.7. The highest BCUT2D eigenvalue weighted by molar-refractivity contribution is 7.22. The van der Waals surface area contributed by atoms with E-state index in [4.69, 9.17) is 0 Å². The van der Waals surface area contributed by atoms with Crippen LogP contribution in [0.4, 0.5) is 18.3 Å². The lowest BCUT2D eigenvalue weighted by Crippen LogP contribution is -2.03. The summed E-state index contributed by atoms with van der Waals surface area (Å²) >= 11 is 1.21. The highest BCUT2D eigenvalue weighted by Gasteiger charge is 2.30. The lowest BCUT2D eigenvalue weighted by Gasteiger charge is -2.05. The second-order valence-corrected chi connectivity index (χ2v) is 5.89. The minimum absolute atomic E-state index is 0.514. The number of nitrogens with one attached hydrogen (secondary N) is 1. The molecule has 0 aliphatic carbocycles. The number of hydrogen-bond donors (Lipinski definition) is 1. The summed E-state index contributed by atoms with van der Waals surface area (Å²) in [7, 11) is 0. The number of anilines is 1. The molecule has 0 unspecified atom stereocenters. The largest absolute Gasteiger partial charge is 0.416 e. The molecule has 7 heteroatoms. The van der Waals surface area contributed by atoms with Crippen molar-refractivity contribution in [2.45, 2.75) is 19.6 Å². The molecule has 0 fully saturated rings. The van der Waals surface area contributed by atoms with Crippen molar-refractivity contribution in [3.8, 4) is 0 Å². The molecule has 2 heterocycles. The Balaban J connectivity index is 1.82. The van der Waals surface area contributed by atoms with Crippen molar-refractivity contribution in [1.82, 2.24) is 9.97 Å². The molecule has 114 valence electrons. The van der Waals surface area contributed by atoms with Crippen LogP contribution in [0.2, 0.25) is 0 Å². The van der Waals surface area contributed by atoms with Gasteiger partial charge in [0.1, 0.15) is 0 Å². The quantitative estimate of drug-likeness (QED) is 0.763. The van der Waals surface area contributed by atoms with Gasteiger partial charge in [0.05, 0.1) is 15.8 Å². The Labute approximate surface area is 128 Å². The van der Waals surface area contributed by atoms with Crippen LogP contribution in [0.15, 0.2) is 36.7 Å². The van der Waals surface area contributed by atoms with Gasteiger partial charge in [0.25, 0.3) is 0 Å². The van der Waals surface area contributed by atoms with Crippen LogP contribution >= 0.6 is 11.3 Å². The molecule has 1 N–H and O–H groups in total. The summed E-state index contributed by atoms with van der Waals surface area (Å²) in [6, 6.07) is 5.49. The van der Waals surface area contributed by atoms with Gasteiger partial charge in [-0.2, -0.15) is 13.2 Å². The Morgan fingerprint density at radius 2 is 2.05 bits per heavy atom. The SMILES string of the molecule is Cc1ccncc1CNc1nc2ccc(C(F)(F)F)cc2s1. The van der Waals surface area contributed by atoms with Crippen LogP contribution in [0.5, 0.6) is 0 Å². The molecular formula is C15H12F3N3S. The summed E-state index contributed by atoms with van der Waals surface area (Å²) in [4.78, 5) is 8.36. The molecule has 3 aromatic rings. The number of aromatic nitrogens is 2. The zero-order valence-corrected chi connectivity index (χ0v) is 12.4. The molecule has 0 radical (unpaired) electrons. The van der Waals surface area contributed by atoms with Gasteiger partial charge in [-0.3, -0.25) is 4.98 Å². The Morgan fingerprint density at radius 3 is 2.77 bits per heavy atom. The molecular weight excluding hydrogens is 311 g/mol. The van der Waals surface area contributed by atoms with Crippen LogP contribution < -0.4 is 5.32 Å². The average molecular weight is 323 g/mol. The topological polar surface area (TPSA) is 37.8 Å². The van der Waals surface area contributed by atoms with E-state index in [9.17, 15) is 13.2 Å². The van der Waals surface area contributed by atoms with Crippen LogP contribution in [-0.2, 0) is 12.7 Å². The van der Waals surface area contributed by atoms with E-state index in [2.05, 4.69) is 15.3 Å². The zero-order valence-electron chi connectivity index (χ0n) is 11.6. The van der Waals surface area contributed by atoms with Gasteiger partial charge in [0.15, 0.2) is 5.13 Å². The first-order valence-corrected chi connectivity index (χ1v) is 7.36. The maximum absolute atomic E-state index is 12.7. The van der Waals surface area contributed by atoms with Gasteiger partial charge in [-0.25, -0.2) is 4.98 Å². The fourth-order valence-electron chi connectivity index (χ4n) is 2.03. The van der Waals surface area contributed by atoms with Crippen molar-refractivity contribution in [1.29, 1.82) is 0 Å². The molecule has 0 aliphatic rings. The molecule has 0 saturated carbocycles. The first-order valence-electron chi connectivity index (χ1n) is 6.54. The number of alkyl halides is 3. The van der Waals surface area contributed by atoms with Gasteiger partial charge in [-0.1, -0.05) is 11.3 Å². The maximum Gasteiger partial charge on any atom is 0.416 e. The maximum atomic E-state index is 12.7. The molecule has 0 saturated heterocycles. The number of nitrogens with zero attached hydrogens (tertiary/aromatic N) is 2. The second kappa shape index (κ2) is 5.57. The fourth-order valence-corrected chi connectivity index (χ4v) is 2.93. The Hall–Kier alpha value is -2.15. The fraction of sp³-hybridized carbons (Fsp3) is 0.200. The summed E-state index contributed by atoms with van der Waals surface area (Å²) in [6.07, 6.45) is -0.856. The van der Waals surface area contributed by atoms with Crippen LogP contribution in [0.25, 0.3) is 10.2 Å². The second-order valence-electron chi connectivity index (χ2n) is 4.85. The van der Waals surface area contributed by atoms with Crippen LogP contribution in [0, 0.1) is 6.92 Å². The minimum atomic E-state index is -4.33. The number of thiazole rings is 1. The van der Waals surface area contributed by atoms with E-state index < -0.39 is 11.7 Å². The van der Waals surface area contributed by atoms with Crippen molar-refractivity contribution < 1.29 is 13.2 Å². The van der Waals surface area contributed by atoms with Crippen LogP contribution in [-0.4, -0.2) is 9.97 Å². The van der Waals surface area contributed by atoms with Crippen molar-refractivity contribution in [3.05, 3.63) is 53.3 Å². The Kier molecular flexibility index (Phi) is 3.74. The molecule has 0 aliphatic heterocycles. The Morgan fingerprint density at radius 1 is 1.23 bits per heavy atom. The predicted octanol–water partition coefficient (Wildman–Crippen LogP) is 4.63. The lowest BCUT2D eigenvalue weighted by atomic mass is 10.2. The van der Waals surface area contributed by atoms with Gasteiger partial charge in [-0.15, -0.1) is 0 Å². The standard InChI is InChI=1S/C15H12F3N3S/c1-9-4-5-19-7-10(9)8-20-14-21-12-3-2-11(15(16,17)18)6-13(12)22-14/h2-7H,8H2,1H3,(H,20,21). The molecule has 22 heavy (non-hydrogen) atoms. The highest BCUT2D eigenvalue weighted by Crippen LogP contribution is 2.34. The first-order chi connectivity index (χ1) is 10.4. The molecule has 0 spiro atoms. The van der Waals surface area contributed by atoms with E-state index >= 15 is 0 Å². The summed E-state index contributed by atoms with van der Waals surface area (Å²) in [5, 5.41) is 3.73. The number of benzene rings is 1. The molecule has 0 atom stereocenters. The van der Waals surface area contributed by atoms with Gasteiger partial charge >= 0.3 is 6.18 Å². The summed E-state index contributed by atoms with van der Waals surface area (Å²) in [5.74, 6) is 0. The lowest BCUT2D eigenvalue weighted by molar-refractivity contribution is -0.137. The molecule has 2 aromatic heterocycles. The molecule has 1 aromatic carbocycles. The van der Waals surface area contributed by atoms with E-state index in [1.807, 2.05) is 13.0 Å². The summed E-state index contributed by atoms with van der Waals surface area (Å²) in [5.41, 5.74) is 2.03. The number of hydrogen-bond acceptors (Lipinski definition) is 4. The summed E-state index contributed by atoms with van der Waals surface area (Å²) < 4.78 is 38.6. The van der Waals surface area contributed by atoms with Crippen molar-refractivity contribution in [2.75, 3.05) is 5.32 Å². The van der Waals surface area contributed by atoms with E-state index in [0.29, 0.717) is 21.9 Å². The normalized spacial score (nSPS) is 11.8. The number of aryl methyl sites for hydroxylation is 1. The first kappa shape index (κ1) is 14.8. The molecule has 0 bridgehead atoms. The molecule has 3 rings (SSSR count). The predicted molar refractivity (Wildman–Crippen MR) is 80.9 cm³/mol. The van der Waals surface area contributed by atoms with Gasteiger partial charge in [-0.05, 0) is 42.3 Å². The number of rotatable bonds is 3. The Bertz CT molecular complexity index is 811.